The summed E-state index contributed by atoms with van der Waals surface area (Å²) >= 11 is 5.34. The second kappa shape index (κ2) is 11.0. The molecule has 2 heterocycles. The number of nitrogens with one attached hydrogen (secondary N) is 2. The fourth-order valence-electron chi connectivity index (χ4n) is 6.69. The number of anilines is 1. The van der Waals surface area contributed by atoms with E-state index >= 15 is 0 Å². The van der Waals surface area contributed by atoms with Crippen molar-refractivity contribution in [1.82, 2.24) is 20.6 Å². The van der Waals surface area contributed by atoms with Crippen molar-refractivity contribution in [1.29, 1.82) is 0 Å². The third-order valence-corrected chi connectivity index (χ3v) is 8.59. The van der Waals surface area contributed by atoms with E-state index in [0.29, 0.717) is 22.5 Å². The normalized spacial score (nSPS) is 19.7. The summed E-state index contributed by atoms with van der Waals surface area (Å²) in [7, 11) is 0. The van der Waals surface area contributed by atoms with E-state index < -0.39 is 29.1 Å². The lowest BCUT2D eigenvalue weighted by molar-refractivity contribution is -0.145. The number of rotatable bonds is 4. The molecule has 1 aliphatic carbocycles. The van der Waals surface area contributed by atoms with Gasteiger partial charge in [-0.2, -0.15) is 0 Å². The predicted octanol–water partition coefficient (Wildman–Crippen LogP) is 5.71. The Balaban J connectivity index is 1.69. The Labute approximate surface area is 259 Å². The number of thiocarbonyl (C=S) groups is 1. The maximum Gasteiger partial charge on any atom is 0.243 e. The zero-order valence-electron chi connectivity index (χ0n) is 23.5. The molecule has 4 aromatic carbocycles. The number of hydrogen-bond donors (Lipinski definition) is 3. The highest BCUT2D eigenvalue weighted by Gasteiger charge is 2.65. The van der Waals surface area contributed by atoms with Gasteiger partial charge in [-0.1, -0.05) is 121 Å². The molecular weight excluding hydrogens is 566 g/mol. The summed E-state index contributed by atoms with van der Waals surface area (Å²) in [5.74, 6) is -2.47. The van der Waals surface area contributed by atoms with E-state index in [0.717, 1.165) is 22.3 Å². The minimum absolute atomic E-state index is 0.0273. The SMILES string of the molecule is Nc1nc2c(c(-c3ccccc3)n1)C(c1ccccc1)C1(C(=O)NC(=S)NC1=O)C(c1ccccc1)/C2=C/c1ccccc1. The van der Waals surface area contributed by atoms with Gasteiger partial charge in [0.1, 0.15) is 0 Å². The highest BCUT2D eigenvalue weighted by Crippen LogP contribution is 2.62. The van der Waals surface area contributed by atoms with Gasteiger partial charge in [0.15, 0.2) is 10.5 Å². The number of carbonyl (C=O) groups is 2. The summed E-state index contributed by atoms with van der Waals surface area (Å²) < 4.78 is 0. The Morgan fingerprint density at radius 1 is 0.659 bits per heavy atom. The topological polar surface area (TPSA) is 110 Å². The van der Waals surface area contributed by atoms with Gasteiger partial charge >= 0.3 is 0 Å². The molecule has 0 radical (unpaired) electrons. The number of nitrogen functional groups attached to an aromatic ring is 1. The predicted molar refractivity (Wildman–Crippen MR) is 175 cm³/mol. The average Bonchev–Trinajstić information content (AvgIpc) is 3.05. The quantitative estimate of drug-likeness (QED) is 0.182. The zero-order valence-corrected chi connectivity index (χ0v) is 24.3. The molecule has 2 amide bonds. The van der Waals surface area contributed by atoms with Crippen molar-refractivity contribution >= 4 is 46.7 Å². The molecule has 7 nitrogen and oxygen atoms in total. The first-order chi connectivity index (χ1) is 21.5. The van der Waals surface area contributed by atoms with Gasteiger partial charge in [-0.3, -0.25) is 9.59 Å². The Morgan fingerprint density at radius 3 is 1.70 bits per heavy atom. The molecule has 0 bridgehead atoms. The number of nitrogens with two attached hydrogens (primary N) is 1. The molecule has 1 spiro atoms. The molecule has 0 saturated carbocycles. The molecule has 5 aromatic rings. The maximum absolute atomic E-state index is 14.7. The first-order valence-corrected chi connectivity index (χ1v) is 14.7. The van der Waals surface area contributed by atoms with Crippen LogP contribution in [0.15, 0.2) is 121 Å². The molecule has 1 aliphatic heterocycles. The van der Waals surface area contributed by atoms with Gasteiger partial charge in [0.25, 0.3) is 0 Å². The van der Waals surface area contributed by atoms with E-state index in [1.165, 1.54) is 0 Å². The largest absolute Gasteiger partial charge is 0.368 e. The van der Waals surface area contributed by atoms with Crippen LogP contribution in [0.25, 0.3) is 22.9 Å². The average molecular weight is 594 g/mol. The van der Waals surface area contributed by atoms with Crippen LogP contribution in [0, 0.1) is 5.41 Å². The van der Waals surface area contributed by atoms with Crippen LogP contribution in [-0.4, -0.2) is 26.9 Å². The van der Waals surface area contributed by atoms with Gasteiger partial charge in [0.2, 0.25) is 17.8 Å². The van der Waals surface area contributed by atoms with Crippen molar-refractivity contribution < 1.29 is 9.59 Å². The number of fused-ring (bicyclic) bond motifs is 1. The molecular formula is C36H27N5O2S. The number of amides is 2. The van der Waals surface area contributed by atoms with Crippen LogP contribution in [0.3, 0.4) is 0 Å². The zero-order chi connectivity index (χ0) is 30.3. The number of hydrogen-bond acceptors (Lipinski definition) is 6. The van der Waals surface area contributed by atoms with Gasteiger partial charge in [-0.05, 0) is 40.6 Å². The van der Waals surface area contributed by atoms with Crippen LogP contribution in [0.1, 0.15) is 39.8 Å². The van der Waals surface area contributed by atoms with Gasteiger partial charge < -0.3 is 16.4 Å². The molecule has 2 unspecified atom stereocenters. The molecule has 1 fully saturated rings. The molecule has 1 aromatic heterocycles. The highest BCUT2D eigenvalue weighted by atomic mass is 32.1. The van der Waals surface area contributed by atoms with Crippen LogP contribution in [0.2, 0.25) is 0 Å². The van der Waals surface area contributed by atoms with Crippen molar-refractivity contribution in [3.05, 3.63) is 149 Å². The van der Waals surface area contributed by atoms with E-state index in [1.807, 2.05) is 127 Å². The summed E-state index contributed by atoms with van der Waals surface area (Å²) in [6, 6.07) is 38.6. The van der Waals surface area contributed by atoms with Crippen molar-refractivity contribution in [3.63, 3.8) is 0 Å². The molecule has 7 rings (SSSR count). The van der Waals surface area contributed by atoms with Crippen molar-refractivity contribution in [2.45, 2.75) is 11.8 Å². The van der Waals surface area contributed by atoms with Crippen LogP contribution >= 0.6 is 12.2 Å². The number of allylic oxidation sites excluding steroid dienone is 1. The van der Waals surface area contributed by atoms with Crippen LogP contribution < -0.4 is 16.4 Å². The standard InChI is InChI=1S/C36H27N5O2S/c37-34-38-30(25-19-11-4-12-20-25)27-29(24-17-9-3-10-18-24)36(32(42)40-35(44)41-33(36)43)28(23-15-7-2-8-16-23)26(31(27)39-34)21-22-13-5-1-6-14-22/h1-21,28-29H,(H2,37,38,39)(H2,40,41,42,43,44)/b26-21-. The van der Waals surface area contributed by atoms with E-state index in [2.05, 4.69) is 10.6 Å². The molecule has 2 atom stereocenters. The smallest absolute Gasteiger partial charge is 0.243 e. The molecule has 8 heteroatoms. The minimum Gasteiger partial charge on any atom is -0.368 e. The summed E-state index contributed by atoms with van der Waals surface area (Å²) in [6.07, 6.45) is 1.99. The maximum atomic E-state index is 14.7. The summed E-state index contributed by atoms with van der Waals surface area (Å²) in [5.41, 5.74) is 10.4. The molecule has 1 saturated heterocycles. The van der Waals surface area contributed by atoms with Crippen LogP contribution in [0.5, 0.6) is 0 Å². The van der Waals surface area contributed by atoms with E-state index in [1.54, 1.807) is 0 Å². The van der Waals surface area contributed by atoms with Gasteiger partial charge in [-0.15, -0.1) is 0 Å². The van der Waals surface area contributed by atoms with Gasteiger partial charge in [0, 0.05) is 23.0 Å². The lowest BCUT2D eigenvalue weighted by atomic mass is 9.52. The number of nitrogens with zero attached hydrogens (tertiary/aromatic N) is 2. The Bertz CT molecular complexity index is 1910. The first-order valence-electron chi connectivity index (χ1n) is 14.2. The Hall–Kier alpha value is -5.47. The van der Waals surface area contributed by atoms with E-state index in [-0.39, 0.29) is 11.1 Å². The van der Waals surface area contributed by atoms with Crippen molar-refractivity contribution in [2.75, 3.05) is 5.73 Å². The highest BCUT2D eigenvalue weighted by molar-refractivity contribution is 7.80. The Kier molecular flexibility index (Phi) is 6.83. The van der Waals surface area contributed by atoms with Gasteiger partial charge in [0.05, 0.1) is 11.4 Å². The van der Waals surface area contributed by atoms with E-state index in [9.17, 15) is 9.59 Å². The lowest BCUT2D eigenvalue weighted by Gasteiger charge is -2.50. The third-order valence-electron chi connectivity index (χ3n) is 8.39. The fourth-order valence-corrected chi connectivity index (χ4v) is 6.87. The first kappa shape index (κ1) is 27.4. The second-order valence-corrected chi connectivity index (χ2v) is 11.3. The molecule has 44 heavy (non-hydrogen) atoms. The molecule has 2 aliphatic rings. The van der Waals surface area contributed by atoms with Crippen LogP contribution in [-0.2, 0) is 9.59 Å². The summed E-state index contributed by atoms with van der Waals surface area (Å²) in [6.45, 7) is 0. The fraction of sp³-hybridized carbons (Fsp3) is 0.0833. The van der Waals surface area contributed by atoms with E-state index in [4.69, 9.17) is 27.9 Å². The molecule has 4 N–H and O–H groups in total. The molecule has 214 valence electrons. The minimum atomic E-state index is -1.72. The number of carbonyl (C=O) groups excluding carboxylic acids is 2. The van der Waals surface area contributed by atoms with Crippen molar-refractivity contribution in [2.24, 2.45) is 5.41 Å². The summed E-state index contributed by atoms with van der Waals surface area (Å²) in [4.78, 5) is 39.1. The van der Waals surface area contributed by atoms with Crippen LogP contribution in [0.4, 0.5) is 5.95 Å². The Morgan fingerprint density at radius 2 is 1.14 bits per heavy atom. The second-order valence-electron chi connectivity index (χ2n) is 10.9. The monoisotopic (exact) mass is 593 g/mol. The summed E-state index contributed by atoms with van der Waals surface area (Å²) in [5, 5.41) is 5.62. The number of aromatic nitrogens is 2. The van der Waals surface area contributed by atoms with Gasteiger partial charge in [-0.25, -0.2) is 9.97 Å². The lowest BCUT2D eigenvalue weighted by Crippen LogP contribution is -2.67. The number of benzene rings is 4. The van der Waals surface area contributed by atoms with Crippen molar-refractivity contribution in [3.8, 4) is 11.3 Å². The third kappa shape index (κ3) is 4.39.